The topological polar surface area (TPSA) is 63.6 Å². The Hall–Kier alpha value is -1.58. The lowest BCUT2D eigenvalue weighted by Gasteiger charge is -2.18. The second kappa shape index (κ2) is 37.9. The highest BCUT2D eigenvalue weighted by Crippen LogP contribution is 2.19. The van der Waals surface area contributed by atoms with E-state index in [0.29, 0.717) is 12.8 Å². The molecular weight excluding hydrogens is 568 g/mol. The lowest BCUT2D eigenvalue weighted by molar-refractivity contribution is -0.150. The zero-order valence-electron chi connectivity index (χ0n) is 30.9. The minimum absolute atomic E-state index is 0.0204. The fraction of sp³-hybridized carbons (Fsp3) is 0.857. The summed E-state index contributed by atoms with van der Waals surface area (Å²) in [6, 6.07) is 0. The van der Waals surface area contributed by atoms with E-state index in [4.69, 9.17) is 9.84 Å². The van der Waals surface area contributed by atoms with Crippen LogP contribution >= 0.6 is 0 Å². The fourth-order valence-corrected chi connectivity index (χ4v) is 6.16. The van der Waals surface area contributed by atoms with Gasteiger partial charge in [-0.3, -0.25) is 9.59 Å². The Morgan fingerprint density at radius 3 is 1.33 bits per heavy atom. The highest BCUT2D eigenvalue weighted by Gasteiger charge is 2.14. The molecule has 0 aliphatic rings. The van der Waals surface area contributed by atoms with Crippen molar-refractivity contribution in [3.05, 3.63) is 24.3 Å². The number of allylic oxidation sites excluding steroid dienone is 4. The van der Waals surface area contributed by atoms with Crippen molar-refractivity contribution in [2.24, 2.45) is 0 Å². The maximum atomic E-state index is 12.6. The van der Waals surface area contributed by atoms with E-state index in [1.165, 1.54) is 135 Å². The Balaban J connectivity index is 3.72. The van der Waals surface area contributed by atoms with Crippen molar-refractivity contribution in [3.8, 4) is 0 Å². The summed E-state index contributed by atoms with van der Waals surface area (Å²) in [5.74, 6) is -0.662. The molecule has 1 N–H and O–H groups in total. The van der Waals surface area contributed by atoms with E-state index in [1.807, 2.05) is 0 Å². The SMILES string of the molecule is CCCCC/C=C\C/C=C\CCCCCCCCCCCCCC(=O)OC(CCCCCC)CCCCCCCCCCC(=O)O. The van der Waals surface area contributed by atoms with Crippen LogP contribution in [0, 0.1) is 0 Å². The molecule has 0 aromatic heterocycles. The van der Waals surface area contributed by atoms with E-state index >= 15 is 0 Å². The van der Waals surface area contributed by atoms with Crippen molar-refractivity contribution < 1.29 is 19.4 Å². The Morgan fingerprint density at radius 1 is 0.478 bits per heavy atom. The summed E-state index contributed by atoms with van der Waals surface area (Å²) in [7, 11) is 0. The predicted molar refractivity (Wildman–Crippen MR) is 200 cm³/mol. The van der Waals surface area contributed by atoms with Crippen LogP contribution in [-0.2, 0) is 14.3 Å². The van der Waals surface area contributed by atoms with Gasteiger partial charge in [0, 0.05) is 12.8 Å². The number of carboxylic acid groups (broad SMARTS) is 1. The number of rotatable bonds is 37. The second-order valence-electron chi connectivity index (χ2n) is 13.8. The van der Waals surface area contributed by atoms with E-state index in [1.54, 1.807) is 0 Å². The molecule has 46 heavy (non-hydrogen) atoms. The van der Waals surface area contributed by atoms with Crippen molar-refractivity contribution in [1.29, 1.82) is 0 Å². The Labute approximate surface area is 287 Å². The zero-order chi connectivity index (χ0) is 33.6. The van der Waals surface area contributed by atoms with Crippen molar-refractivity contribution >= 4 is 11.9 Å². The number of hydrogen-bond donors (Lipinski definition) is 1. The van der Waals surface area contributed by atoms with E-state index in [9.17, 15) is 9.59 Å². The summed E-state index contributed by atoms with van der Waals surface area (Å²) >= 11 is 0. The van der Waals surface area contributed by atoms with Crippen LogP contribution in [0.4, 0.5) is 0 Å². The van der Waals surface area contributed by atoms with Crippen molar-refractivity contribution in [2.45, 2.75) is 232 Å². The molecule has 0 saturated carbocycles. The molecule has 0 radical (unpaired) electrons. The Morgan fingerprint density at radius 2 is 0.848 bits per heavy atom. The molecule has 0 aliphatic carbocycles. The first-order valence-corrected chi connectivity index (χ1v) is 20.3. The molecule has 0 fully saturated rings. The number of carboxylic acids is 1. The first kappa shape index (κ1) is 44.4. The molecule has 0 amide bonds. The number of carbonyl (C=O) groups excluding carboxylic acids is 1. The van der Waals surface area contributed by atoms with Gasteiger partial charge in [0.05, 0.1) is 0 Å². The highest BCUT2D eigenvalue weighted by atomic mass is 16.5. The van der Waals surface area contributed by atoms with Gasteiger partial charge >= 0.3 is 11.9 Å². The van der Waals surface area contributed by atoms with Crippen LogP contribution in [0.15, 0.2) is 24.3 Å². The largest absolute Gasteiger partial charge is 0.481 e. The standard InChI is InChI=1S/C42H78O4/c1-3-5-7-9-10-11-12-13-14-15-16-17-18-19-20-21-22-23-28-31-35-39-42(45)46-40(36-32-8-6-4-2)37-33-29-26-24-25-27-30-34-38-41(43)44/h10-11,13-14,40H,3-9,12,15-39H2,1-2H3,(H,43,44)/b11-10-,14-13-. The lowest BCUT2D eigenvalue weighted by atomic mass is 10.0. The predicted octanol–water partition coefficient (Wildman–Crippen LogP) is 14.0. The number of ether oxygens (including phenoxy) is 1. The molecule has 4 heteroatoms. The van der Waals surface area contributed by atoms with Crippen molar-refractivity contribution in [3.63, 3.8) is 0 Å². The minimum Gasteiger partial charge on any atom is -0.481 e. The first-order chi connectivity index (χ1) is 22.6. The average molecular weight is 647 g/mol. The van der Waals surface area contributed by atoms with Crippen molar-refractivity contribution in [1.82, 2.24) is 0 Å². The van der Waals surface area contributed by atoms with Crippen LogP contribution in [0.5, 0.6) is 0 Å². The quantitative estimate of drug-likeness (QED) is 0.0414. The monoisotopic (exact) mass is 647 g/mol. The maximum Gasteiger partial charge on any atom is 0.306 e. The summed E-state index contributed by atoms with van der Waals surface area (Å²) in [6.07, 6.45) is 48.0. The first-order valence-electron chi connectivity index (χ1n) is 20.3. The van der Waals surface area contributed by atoms with Gasteiger partial charge in [-0.05, 0) is 70.6 Å². The minimum atomic E-state index is -0.682. The molecule has 0 aromatic carbocycles. The molecule has 0 bridgehead atoms. The average Bonchev–Trinajstić information content (AvgIpc) is 3.04. The molecule has 0 aliphatic heterocycles. The van der Waals surface area contributed by atoms with Gasteiger partial charge in [0.15, 0.2) is 0 Å². The summed E-state index contributed by atoms with van der Waals surface area (Å²) < 4.78 is 5.97. The third-order valence-corrected chi connectivity index (χ3v) is 9.18. The van der Waals surface area contributed by atoms with E-state index in [-0.39, 0.29) is 12.1 Å². The summed E-state index contributed by atoms with van der Waals surface area (Å²) in [5, 5.41) is 8.72. The van der Waals surface area contributed by atoms with Gasteiger partial charge in [-0.15, -0.1) is 0 Å². The van der Waals surface area contributed by atoms with Crippen LogP contribution in [0.1, 0.15) is 226 Å². The summed E-state index contributed by atoms with van der Waals surface area (Å²) in [4.78, 5) is 23.2. The third-order valence-electron chi connectivity index (χ3n) is 9.18. The normalized spacial score (nSPS) is 12.4. The van der Waals surface area contributed by atoms with Gasteiger partial charge in [-0.1, -0.05) is 167 Å². The highest BCUT2D eigenvalue weighted by molar-refractivity contribution is 5.69. The van der Waals surface area contributed by atoms with Gasteiger partial charge in [0.25, 0.3) is 0 Å². The van der Waals surface area contributed by atoms with E-state index in [2.05, 4.69) is 38.2 Å². The Kier molecular flexibility index (Phi) is 36.6. The number of hydrogen-bond acceptors (Lipinski definition) is 3. The number of aliphatic carboxylic acids is 1. The molecule has 0 heterocycles. The summed E-state index contributed by atoms with van der Waals surface area (Å²) in [5.41, 5.74) is 0. The molecular formula is C42H78O4. The number of carbonyl (C=O) groups is 2. The molecule has 0 spiro atoms. The number of unbranched alkanes of at least 4 members (excludes halogenated alkanes) is 24. The van der Waals surface area contributed by atoms with E-state index in [0.717, 1.165) is 64.2 Å². The third kappa shape index (κ3) is 36.9. The van der Waals surface area contributed by atoms with Gasteiger partial charge in [-0.2, -0.15) is 0 Å². The molecule has 270 valence electrons. The van der Waals surface area contributed by atoms with Crippen LogP contribution in [0.2, 0.25) is 0 Å². The van der Waals surface area contributed by atoms with Gasteiger partial charge in [0.2, 0.25) is 0 Å². The van der Waals surface area contributed by atoms with Gasteiger partial charge < -0.3 is 9.84 Å². The fourth-order valence-electron chi connectivity index (χ4n) is 6.16. The number of esters is 1. The van der Waals surface area contributed by atoms with Gasteiger partial charge in [0.1, 0.15) is 6.10 Å². The smallest absolute Gasteiger partial charge is 0.306 e. The van der Waals surface area contributed by atoms with Gasteiger partial charge in [-0.25, -0.2) is 0 Å². The van der Waals surface area contributed by atoms with Crippen molar-refractivity contribution in [2.75, 3.05) is 0 Å². The molecule has 1 atom stereocenters. The maximum absolute atomic E-state index is 12.6. The van der Waals surface area contributed by atoms with Crippen LogP contribution in [-0.4, -0.2) is 23.1 Å². The summed E-state index contributed by atoms with van der Waals surface area (Å²) in [6.45, 7) is 4.50. The molecule has 0 rings (SSSR count). The second-order valence-corrected chi connectivity index (χ2v) is 13.8. The molecule has 0 aromatic rings. The van der Waals surface area contributed by atoms with Crippen LogP contribution in [0.25, 0.3) is 0 Å². The van der Waals surface area contributed by atoms with E-state index < -0.39 is 5.97 Å². The lowest BCUT2D eigenvalue weighted by Crippen LogP contribution is -2.18. The Bertz CT molecular complexity index is 698. The van der Waals surface area contributed by atoms with Crippen LogP contribution in [0.3, 0.4) is 0 Å². The van der Waals surface area contributed by atoms with Crippen LogP contribution < -0.4 is 0 Å². The molecule has 1 unspecified atom stereocenters. The molecule has 4 nitrogen and oxygen atoms in total. The zero-order valence-corrected chi connectivity index (χ0v) is 30.9. The molecule has 0 saturated heterocycles.